The maximum atomic E-state index is 5.72. The van der Waals surface area contributed by atoms with Crippen LogP contribution in [0.25, 0.3) is 0 Å². The molecule has 0 bridgehead atoms. The molecular weight excluding hydrogens is 186 g/mol. The fourth-order valence-corrected chi connectivity index (χ4v) is 1.73. The molecule has 0 saturated heterocycles. The lowest BCUT2D eigenvalue weighted by Crippen LogP contribution is -2.26. The third kappa shape index (κ3) is 3.05. The summed E-state index contributed by atoms with van der Waals surface area (Å²) < 4.78 is 5.72. The number of hydrogen-bond acceptors (Lipinski definition) is 2. The molecule has 0 amide bonds. The highest BCUT2D eigenvalue weighted by molar-refractivity contribution is 5.26. The largest absolute Gasteiger partial charge is 0.362 e. The van der Waals surface area contributed by atoms with E-state index in [9.17, 15) is 0 Å². The van der Waals surface area contributed by atoms with Gasteiger partial charge in [-0.2, -0.15) is 0 Å². The minimum Gasteiger partial charge on any atom is -0.362 e. The first-order chi connectivity index (χ1) is 7.27. The molecule has 2 nitrogen and oxygen atoms in total. The molecule has 1 saturated carbocycles. The molecule has 2 heteroatoms. The smallest absolute Gasteiger partial charge is 0.0971 e. The molecule has 15 heavy (non-hydrogen) atoms. The van der Waals surface area contributed by atoms with Gasteiger partial charge in [0, 0.05) is 12.0 Å². The van der Waals surface area contributed by atoms with Gasteiger partial charge >= 0.3 is 0 Å². The Balaban J connectivity index is 1.72. The van der Waals surface area contributed by atoms with Crippen LogP contribution in [0.15, 0.2) is 30.3 Å². The van der Waals surface area contributed by atoms with E-state index in [1.54, 1.807) is 0 Å². The van der Waals surface area contributed by atoms with Gasteiger partial charge in [0.25, 0.3) is 0 Å². The van der Waals surface area contributed by atoms with E-state index in [2.05, 4.69) is 49.5 Å². The van der Waals surface area contributed by atoms with Crippen LogP contribution >= 0.6 is 0 Å². The lowest BCUT2D eigenvalue weighted by molar-refractivity contribution is 0.0937. The molecule has 1 aromatic carbocycles. The maximum absolute atomic E-state index is 5.72. The second-order valence-corrected chi connectivity index (χ2v) is 4.46. The molecule has 82 valence electrons. The molecule has 2 rings (SSSR count). The van der Waals surface area contributed by atoms with Crippen molar-refractivity contribution in [3.63, 3.8) is 0 Å². The summed E-state index contributed by atoms with van der Waals surface area (Å²) in [6, 6.07) is 11.1. The van der Waals surface area contributed by atoms with Crippen molar-refractivity contribution < 1.29 is 4.74 Å². The lowest BCUT2D eigenvalue weighted by atomic mass is 10.1. The molecule has 0 heterocycles. The number of nitrogens with one attached hydrogen (secondary N) is 1. The van der Waals surface area contributed by atoms with Gasteiger partial charge in [0.15, 0.2) is 0 Å². The Labute approximate surface area is 91.6 Å². The quantitative estimate of drug-likeness (QED) is 0.746. The molecular formula is C13H19NO. The highest BCUT2D eigenvalue weighted by Gasteiger charge is 2.39. The topological polar surface area (TPSA) is 21.3 Å². The monoisotopic (exact) mass is 205 g/mol. The molecule has 0 spiro atoms. The van der Waals surface area contributed by atoms with Gasteiger partial charge in [0.2, 0.25) is 0 Å². The molecule has 1 aromatic rings. The van der Waals surface area contributed by atoms with E-state index in [1.165, 1.54) is 12.0 Å². The summed E-state index contributed by atoms with van der Waals surface area (Å²) in [5.41, 5.74) is 1.41. The van der Waals surface area contributed by atoms with Crippen LogP contribution < -0.4 is 5.32 Å². The van der Waals surface area contributed by atoms with Crippen LogP contribution in [0.1, 0.15) is 31.7 Å². The van der Waals surface area contributed by atoms with Crippen LogP contribution in [0.5, 0.6) is 0 Å². The average molecular weight is 205 g/mol. The van der Waals surface area contributed by atoms with Crippen LogP contribution in [0, 0.1) is 0 Å². The van der Waals surface area contributed by atoms with Gasteiger partial charge in [-0.15, -0.1) is 0 Å². The second kappa shape index (κ2) is 4.77. The molecule has 1 aliphatic rings. The third-order valence-electron chi connectivity index (χ3n) is 2.75. The van der Waals surface area contributed by atoms with E-state index < -0.39 is 0 Å². The maximum Gasteiger partial charge on any atom is 0.0971 e. The minimum atomic E-state index is 0.429. The van der Waals surface area contributed by atoms with Crippen molar-refractivity contribution in [2.45, 2.75) is 38.3 Å². The van der Waals surface area contributed by atoms with Crippen LogP contribution in [-0.2, 0) is 4.74 Å². The minimum absolute atomic E-state index is 0.429. The normalized spacial score (nSPS) is 24.5. The number of ether oxygens (including phenoxy) is 1. The number of hydrogen-bond donors (Lipinski definition) is 1. The Kier molecular flexibility index (Phi) is 3.39. The second-order valence-electron chi connectivity index (χ2n) is 4.46. The summed E-state index contributed by atoms with van der Waals surface area (Å²) in [6.45, 7) is 4.93. The van der Waals surface area contributed by atoms with E-state index in [0.29, 0.717) is 24.8 Å². The highest BCUT2D eigenvalue weighted by Crippen LogP contribution is 2.42. The Hall–Kier alpha value is -0.860. The van der Waals surface area contributed by atoms with Gasteiger partial charge < -0.3 is 4.74 Å². The summed E-state index contributed by atoms with van der Waals surface area (Å²) in [5.74, 6) is 0.625. The Morgan fingerprint density at radius 3 is 2.73 bits per heavy atom. The summed E-state index contributed by atoms with van der Waals surface area (Å²) in [5, 5.41) is 3.27. The van der Waals surface area contributed by atoms with E-state index in [0.717, 1.165) is 0 Å². The lowest BCUT2D eigenvalue weighted by Gasteiger charge is -2.08. The van der Waals surface area contributed by atoms with Crippen molar-refractivity contribution in [2.24, 2.45) is 0 Å². The number of benzene rings is 1. The fraction of sp³-hybridized carbons (Fsp3) is 0.538. The van der Waals surface area contributed by atoms with Crippen LogP contribution in [0.2, 0.25) is 0 Å². The zero-order valence-electron chi connectivity index (χ0n) is 9.44. The van der Waals surface area contributed by atoms with Crippen LogP contribution in [0.3, 0.4) is 0 Å². The first-order valence-electron chi connectivity index (χ1n) is 5.67. The van der Waals surface area contributed by atoms with Gasteiger partial charge in [-0.3, -0.25) is 5.32 Å². The molecule has 0 aliphatic heterocycles. The number of rotatable bonds is 5. The summed E-state index contributed by atoms with van der Waals surface area (Å²) >= 11 is 0. The summed E-state index contributed by atoms with van der Waals surface area (Å²) in [4.78, 5) is 0. The van der Waals surface area contributed by atoms with Gasteiger partial charge in [0.05, 0.1) is 12.8 Å². The molecule has 0 aromatic heterocycles. The molecule has 1 aliphatic carbocycles. The molecule has 0 radical (unpaired) electrons. The Morgan fingerprint density at radius 2 is 2.07 bits per heavy atom. The third-order valence-corrected chi connectivity index (χ3v) is 2.75. The summed E-state index contributed by atoms with van der Waals surface area (Å²) in [6.07, 6.45) is 1.60. The zero-order valence-corrected chi connectivity index (χ0v) is 9.44. The molecule has 2 atom stereocenters. The van der Waals surface area contributed by atoms with Crippen molar-refractivity contribution in [3.8, 4) is 0 Å². The van der Waals surface area contributed by atoms with E-state index in [1.807, 2.05) is 0 Å². The predicted molar refractivity (Wildman–Crippen MR) is 61.8 cm³/mol. The van der Waals surface area contributed by atoms with Gasteiger partial charge in [-0.05, 0) is 25.8 Å². The van der Waals surface area contributed by atoms with Crippen molar-refractivity contribution in [1.29, 1.82) is 0 Å². The van der Waals surface area contributed by atoms with E-state index in [-0.39, 0.29) is 0 Å². The fourth-order valence-electron chi connectivity index (χ4n) is 1.73. The van der Waals surface area contributed by atoms with E-state index >= 15 is 0 Å². The van der Waals surface area contributed by atoms with Gasteiger partial charge in [0.1, 0.15) is 0 Å². The Bertz CT molecular complexity index is 297. The zero-order chi connectivity index (χ0) is 10.7. The summed E-state index contributed by atoms with van der Waals surface area (Å²) in [7, 11) is 0. The highest BCUT2D eigenvalue weighted by atomic mass is 16.5. The Morgan fingerprint density at radius 1 is 1.33 bits per heavy atom. The van der Waals surface area contributed by atoms with Gasteiger partial charge in [-0.1, -0.05) is 30.3 Å². The van der Waals surface area contributed by atoms with Gasteiger partial charge in [-0.25, -0.2) is 0 Å². The first kappa shape index (κ1) is 10.7. The molecule has 1 N–H and O–H groups in total. The van der Waals surface area contributed by atoms with Crippen molar-refractivity contribution in [2.75, 3.05) is 6.73 Å². The molecule has 1 fully saturated rings. The van der Waals surface area contributed by atoms with Crippen molar-refractivity contribution in [3.05, 3.63) is 35.9 Å². The standard InChI is InChI=1S/C13H19NO/c1-10(2)14-9-15-13-8-12(13)11-6-4-3-5-7-11/h3-7,10,12-14H,8-9H2,1-2H3. The van der Waals surface area contributed by atoms with Crippen molar-refractivity contribution >= 4 is 0 Å². The van der Waals surface area contributed by atoms with E-state index in [4.69, 9.17) is 4.74 Å². The van der Waals surface area contributed by atoms with Crippen LogP contribution in [0.4, 0.5) is 0 Å². The van der Waals surface area contributed by atoms with Crippen LogP contribution in [-0.4, -0.2) is 18.9 Å². The predicted octanol–water partition coefficient (Wildman–Crippen LogP) is 2.51. The average Bonchev–Trinajstić information content (AvgIpc) is 2.98. The SMILES string of the molecule is CC(C)NCOC1CC1c1ccccc1. The van der Waals surface area contributed by atoms with Crippen molar-refractivity contribution in [1.82, 2.24) is 5.32 Å². The molecule has 2 unspecified atom stereocenters. The first-order valence-corrected chi connectivity index (χ1v) is 5.67.